The van der Waals surface area contributed by atoms with Crippen LogP contribution in [0.25, 0.3) is 0 Å². The van der Waals surface area contributed by atoms with Gasteiger partial charge in [0, 0.05) is 25.8 Å². The molecule has 1 saturated heterocycles. The molecule has 6 heteroatoms. The van der Waals surface area contributed by atoms with Crippen molar-refractivity contribution in [2.75, 3.05) is 24.5 Å². The molecule has 0 amide bonds. The molecule has 1 aliphatic rings. The highest BCUT2D eigenvalue weighted by molar-refractivity contribution is 7.89. The molecule has 1 aromatic heterocycles. The van der Waals surface area contributed by atoms with Crippen molar-refractivity contribution in [3.8, 4) is 0 Å². The third-order valence-corrected chi connectivity index (χ3v) is 6.79. The van der Waals surface area contributed by atoms with Crippen molar-refractivity contribution in [2.45, 2.75) is 38.5 Å². The van der Waals surface area contributed by atoms with Gasteiger partial charge in [0.1, 0.15) is 0 Å². The molecular weight excluding hydrogens is 346 g/mol. The molecule has 26 heavy (non-hydrogen) atoms. The minimum absolute atomic E-state index is 0.365. The predicted octanol–water partition coefficient (Wildman–Crippen LogP) is 3.20. The number of hydrogen-bond donors (Lipinski definition) is 1. The zero-order valence-electron chi connectivity index (χ0n) is 15.7. The van der Waals surface area contributed by atoms with Crippen molar-refractivity contribution >= 4 is 15.7 Å². The number of piperidine rings is 1. The van der Waals surface area contributed by atoms with Crippen LogP contribution >= 0.6 is 0 Å². The summed E-state index contributed by atoms with van der Waals surface area (Å²) in [6.07, 6.45) is 5.61. The fourth-order valence-corrected chi connectivity index (χ4v) is 5.39. The van der Waals surface area contributed by atoms with Crippen LogP contribution in [-0.4, -0.2) is 33.0 Å². The van der Waals surface area contributed by atoms with E-state index in [0.29, 0.717) is 17.4 Å². The Morgan fingerprint density at radius 3 is 2.38 bits per heavy atom. The van der Waals surface area contributed by atoms with Crippen LogP contribution in [0.1, 0.15) is 29.5 Å². The second-order valence-electron chi connectivity index (χ2n) is 7.22. The van der Waals surface area contributed by atoms with Crippen LogP contribution in [-0.2, 0) is 10.0 Å². The number of aryl methyl sites for hydroxylation is 3. The Morgan fingerprint density at radius 1 is 1.15 bits per heavy atom. The molecule has 2 heterocycles. The Bertz CT molecular complexity index is 835. The van der Waals surface area contributed by atoms with Crippen molar-refractivity contribution in [1.82, 2.24) is 9.71 Å². The third kappa shape index (κ3) is 4.24. The Labute approximate surface area is 156 Å². The average molecular weight is 374 g/mol. The number of pyridine rings is 1. The molecule has 0 spiro atoms. The summed E-state index contributed by atoms with van der Waals surface area (Å²) in [4.78, 5) is 6.91. The van der Waals surface area contributed by atoms with Gasteiger partial charge in [-0.25, -0.2) is 13.1 Å². The number of sulfonamides is 1. The second kappa shape index (κ2) is 7.76. The normalized spacial score (nSPS) is 16.0. The third-order valence-electron chi connectivity index (χ3n) is 5.06. The highest BCUT2D eigenvalue weighted by Gasteiger charge is 2.24. The average Bonchev–Trinajstić information content (AvgIpc) is 2.60. The van der Waals surface area contributed by atoms with Crippen LogP contribution in [0, 0.1) is 26.7 Å². The first-order chi connectivity index (χ1) is 12.4. The van der Waals surface area contributed by atoms with Gasteiger partial charge in [-0.15, -0.1) is 0 Å². The molecule has 2 aromatic rings. The van der Waals surface area contributed by atoms with Gasteiger partial charge in [-0.3, -0.25) is 4.98 Å². The van der Waals surface area contributed by atoms with Gasteiger partial charge in [0.05, 0.1) is 16.8 Å². The van der Waals surface area contributed by atoms with Gasteiger partial charge in [-0.2, -0.15) is 0 Å². The molecule has 0 bridgehead atoms. The summed E-state index contributed by atoms with van der Waals surface area (Å²) in [5.41, 5.74) is 3.84. The lowest BCUT2D eigenvalue weighted by atomic mass is 9.97. The van der Waals surface area contributed by atoms with E-state index in [1.807, 2.05) is 45.2 Å². The van der Waals surface area contributed by atoms with Gasteiger partial charge in [-0.05, 0) is 62.8 Å². The topological polar surface area (TPSA) is 62.3 Å². The summed E-state index contributed by atoms with van der Waals surface area (Å²) >= 11 is 0. The molecule has 0 atom stereocenters. The van der Waals surface area contributed by atoms with Crippen LogP contribution in [0.2, 0.25) is 0 Å². The first-order valence-corrected chi connectivity index (χ1v) is 10.6. The van der Waals surface area contributed by atoms with E-state index in [1.165, 1.54) is 0 Å². The van der Waals surface area contributed by atoms with E-state index in [2.05, 4.69) is 20.7 Å². The van der Waals surface area contributed by atoms with Gasteiger partial charge in [0.25, 0.3) is 0 Å². The maximum atomic E-state index is 12.8. The van der Waals surface area contributed by atoms with Crippen LogP contribution in [0.5, 0.6) is 0 Å². The van der Waals surface area contributed by atoms with Crippen LogP contribution in [0.3, 0.4) is 0 Å². The van der Waals surface area contributed by atoms with Crippen molar-refractivity contribution in [1.29, 1.82) is 0 Å². The van der Waals surface area contributed by atoms with Gasteiger partial charge in [0.2, 0.25) is 10.0 Å². The van der Waals surface area contributed by atoms with Gasteiger partial charge >= 0.3 is 0 Å². The molecule has 0 unspecified atom stereocenters. The zero-order chi connectivity index (χ0) is 18.7. The van der Waals surface area contributed by atoms with Crippen LogP contribution in [0.4, 0.5) is 5.69 Å². The van der Waals surface area contributed by atoms with E-state index >= 15 is 0 Å². The number of hydrogen-bond acceptors (Lipinski definition) is 4. The van der Waals surface area contributed by atoms with Gasteiger partial charge in [0.15, 0.2) is 0 Å². The second-order valence-corrected chi connectivity index (χ2v) is 8.93. The molecule has 140 valence electrons. The molecule has 1 fully saturated rings. The van der Waals surface area contributed by atoms with Crippen molar-refractivity contribution in [3.05, 3.63) is 53.3 Å². The molecule has 1 aliphatic heterocycles. The largest absolute Gasteiger partial charge is 0.370 e. The smallest absolute Gasteiger partial charge is 0.241 e. The van der Waals surface area contributed by atoms with Crippen LogP contribution < -0.4 is 9.62 Å². The van der Waals surface area contributed by atoms with Gasteiger partial charge in [-0.1, -0.05) is 17.7 Å². The number of rotatable bonds is 5. The Kier molecular flexibility index (Phi) is 5.63. The van der Waals surface area contributed by atoms with E-state index in [-0.39, 0.29) is 0 Å². The summed E-state index contributed by atoms with van der Waals surface area (Å²) in [6.45, 7) is 8.07. The molecule has 5 nitrogen and oxygen atoms in total. The minimum Gasteiger partial charge on any atom is -0.370 e. The van der Waals surface area contributed by atoms with Crippen molar-refractivity contribution < 1.29 is 8.42 Å². The SMILES string of the molecule is Cc1cc(C)c(S(=O)(=O)NCC2CCN(c3cccnc3)CC2)c(C)c1. The lowest BCUT2D eigenvalue weighted by Crippen LogP contribution is -2.39. The molecule has 0 saturated carbocycles. The fraction of sp³-hybridized carbons (Fsp3) is 0.450. The number of anilines is 1. The highest BCUT2D eigenvalue weighted by Crippen LogP contribution is 2.24. The molecule has 1 N–H and O–H groups in total. The molecule has 1 aromatic carbocycles. The zero-order valence-corrected chi connectivity index (χ0v) is 16.5. The summed E-state index contributed by atoms with van der Waals surface area (Å²) in [5, 5.41) is 0. The molecule has 0 aliphatic carbocycles. The van der Waals surface area contributed by atoms with E-state index < -0.39 is 10.0 Å². The minimum atomic E-state index is -3.48. The summed E-state index contributed by atoms with van der Waals surface area (Å²) in [6, 6.07) is 7.86. The highest BCUT2D eigenvalue weighted by atomic mass is 32.2. The molecule has 0 radical (unpaired) electrons. The number of aromatic nitrogens is 1. The summed E-state index contributed by atoms with van der Waals surface area (Å²) in [5.74, 6) is 0.365. The van der Waals surface area contributed by atoms with E-state index in [4.69, 9.17) is 0 Å². The summed E-state index contributed by atoms with van der Waals surface area (Å²) in [7, 11) is -3.48. The van der Waals surface area contributed by atoms with E-state index in [9.17, 15) is 8.42 Å². The molecule has 3 rings (SSSR count). The van der Waals surface area contributed by atoms with Crippen molar-refractivity contribution in [2.24, 2.45) is 5.92 Å². The number of nitrogens with zero attached hydrogens (tertiary/aromatic N) is 2. The lowest BCUT2D eigenvalue weighted by Gasteiger charge is -2.33. The standard InChI is InChI=1S/C20H27N3O2S/c1-15-11-16(2)20(17(3)12-15)26(24,25)22-13-18-6-9-23(10-7-18)19-5-4-8-21-14-19/h4-5,8,11-12,14,18,22H,6-7,9-10,13H2,1-3H3. The quantitative estimate of drug-likeness (QED) is 0.874. The Balaban J connectivity index is 1.60. The molecular formula is C20H27N3O2S. The first-order valence-electron chi connectivity index (χ1n) is 9.09. The Morgan fingerprint density at radius 2 is 1.81 bits per heavy atom. The first kappa shape index (κ1) is 18.9. The fourth-order valence-electron chi connectivity index (χ4n) is 3.83. The van der Waals surface area contributed by atoms with Crippen molar-refractivity contribution in [3.63, 3.8) is 0 Å². The lowest BCUT2D eigenvalue weighted by molar-refractivity contribution is 0.402. The predicted molar refractivity (Wildman–Crippen MR) is 105 cm³/mol. The number of benzene rings is 1. The Hall–Kier alpha value is -1.92. The monoisotopic (exact) mass is 373 g/mol. The van der Waals surface area contributed by atoms with Crippen LogP contribution in [0.15, 0.2) is 41.6 Å². The maximum Gasteiger partial charge on any atom is 0.241 e. The van der Waals surface area contributed by atoms with E-state index in [1.54, 1.807) is 6.20 Å². The maximum absolute atomic E-state index is 12.8. The van der Waals surface area contributed by atoms with Gasteiger partial charge < -0.3 is 4.90 Å². The summed E-state index contributed by atoms with van der Waals surface area (Å²) < 4.78 is 28.4. The van der Waals surface area contributed by atoms with E-state index in [0.717, 1.165) is 48.3 Å². The number of nitrogens with one attached hydrogen (secondary N) is 1.